The Labute approximate surface area is 168 Å². The zero-order chi connectivity index (χ0) is 19.4. The van der Waals surface area contributed by atoms with E-state index >= 15 is 0 Å². The molecule has 1 atom stereocenters. The third-order valence-electron chi connectivity index (χ3n) is 4.32. The van der Waals surface area contributed by atoms with Crippen LogP contribution in [0.1, 0.15) is 29.1 Å². The molecule has 0 aliphatic heterocycles. The molecule has 27 heavy (non-hydrogen) atoms. The van der Waals surface area contributed by atoms with Gasteiger partial charge in [-0.3, -0.25) is 14.3 Å². The van der Waals surface area contributed by atoms with Crippen LogP contribution >= 0.6 is 23.4 Å². The van der Waals surface area contributed by atoms with Crippen LogP contribution in [0.15, 0.2) is 59.8 Å². The number of aromatic nitrogens is 3. The Kier molecular flexibility index (Phi) is 6.31. The number of benzene rings is 2. The standard InChI is InChI=1S/C20H21ClN4OS/c1-14(24(2)3)19-22-23-20(25(19)17-11-9-16(21)10-12-17)27-13-18(26)15-7-5-4-6-8-15/h4-12,14H,13H2,1-3H3. The van der Waals surface area contributed by atoms with Crippen molar-refractivity contribution < 1.29 is 4.79 Å². The molecule has 140 valence electrons. The largest absolute Gasteiger partial charge is 0.300 e. The molecule has 0 fully saturated rings. The average molecular weight is 401 g/mol. The Balaban J connectivity index is 1.90. The molecule has 5 nitrogen and oxygen atoms in total. The number of halogens is 1. The first-order chi connectivity index (χ1) is 13.0. The van der Waals surface area contributed by atoms with Crippen molar-refractivity contribution in [1.82, 2.24) is 19.7 Å². The Morgan fingerprint density at radius 3 is 2.41 bits per heavy atom. The van der Waals surface area contributed by atoms with Crippen molar-refractivity contribution in [1.29, 1.82) is 0 Å². The molecule has 0 saturated carbocycles. The highest BCUT2D eigenvalue weighted by atomic mass is 35.5. The lowest BCUT2D eigenvalue weighted by atomic mass is 10.2. The van der Waals surface area contributed by atoms with Crippen LogP contribution in [0.25, 0.3) is 5.69 Å². The molecule has 0 bridgehead atoms. The van der Waals surface area contributed by atoms with Crippen molar-refractivity contribution in [2.24, 2.45) is 0 Å². The van der Waals surface area contributed by atoms with E-state index in [9.17, 15) is 4.79 Å². The maximum absolute atomic E-state index is 12.5. The van der Waals surface area contributed by atoms with Crippen LogP contribution in [0.2, 0.25) is 5.02 Å². The zero-order valence-corrected chi connectivity index (χ0v) is 17.0. The van der Waals surface area contributed by atoms with Crippen LogP contribution in [0, 0.1) is 0 Å². The van der Waals surface area contributed by atoms with Crippen LogP contribution in [0.4, 0.5) is 0 Å². The van der Waals surface area contributed by atoms with Gasteiger partial charge < -0.3 is 0 Å². The first kappa shape index (κ1) is 19.6. The highest BCUT2D eigenvalue weighted by molar-refractivity contribution is 7.99. The Morgan fingerprint density at radius 2 is 1.78 bits per heavy atom. The van der Waals surface area contributed by atoms with Gasteiger partial charge in [0.15, 0.2) is 16.8 Å². The number of ketones is 1. The molecule has 2 aromatic carbocycles. The number of carbonyl (C=O) groups excluding carboxylic acids is 1. The third-order valence-corrected chi connectivity index (χ3v) is 5.50. The van der Waals surface area contributed by atoms with E-state index in [1.54, 1.807) is 0 Å². The number of hydrogen-bond acceptors (Lipinski definition) is 5. The molecule has 1 unspecified atom stereocenters. The molecule has 1 heterocycles. The van der Waals surface area contributed by atoms with Crippen molar-refractivity contribution >= 4 is 29.1 Å². The minimum Gasteiger partial charge on any atom is -0.300 e. The van der Waals surface area contributed by atoms with Gasteiger partial charge in [0.05, 0.1) is 11.8 Å². The minimum absolute atomic E-state index is 0.0624. The topological polar surface area (TPSA) is 51.0 Å². The zero-order valence-electron chi connectivity index (χ0n) is 15.5. The number of carbonyl (C=O) groups is 1. The normalized spacial score (nSPS) is 12.3. The van der Waals surface area contributed by atoms with Gasteiger partial charge in [-0.25, -0.2) is 0 Å². The van der Waals surface area contributed by atoms with Gasteiger partial charge in [0.1, 0.15) is 0 Å². The molecule has 0 aliphatic carbocycles. The second-order valence-corrected chi connectivity index (χ2v) is 7.75. The van der Waals surface area contributed by atoms with Crippen molar-refractivity contribution in [3.05, 3.63) is 71.0 Å². The highest BCUT2D eigenvalue weighted by Crippen LogP contribution is 2.28. The van der Waals surface area contributed by atoms with Crippen LogP contribution in [0.3, 0.4) is 0 Å². The Morgan fingerprint density at radius 1 is 1.11 bits per heavy atom. The lowest BCUT2D eigenvalue weighted by molar-refractivity contribution is 0.102. The second-order valence-electron chi connectivity index (χ2n) is 6.37. The molecule has 3 aromatic rings. The molecule has 0 aliphatic rings. The van der Waals surface area contributed by atoms with Crippen LogP contribution in [0.5, 0.6) is 0 Å². The number of hydrogen-bond donors (Lipinski definition) is 0. The van der Waals surface area contributed by atoms with E-state index in [0.717, 1.165) is 11.5 Å². The van der Waals surface area contributed by atoms with Gasteiger partial charge in [-0.15, -0.1) is 10.2 Å². The minimum atomic E-state index is 0.0624. The monoisotopic (exact) mass is 400 g/mol. The maximum Gasteiger partial charge on any atom is 0.196 e. The first-order valence-electron chi connectivity index (χ1n) is 8.56. The summed E-state index contributed by atoms with van der Waals surface area (Å²) < 4.78 is 1.99. The van der Waals surface area contributed by atoms with E-state index in [1.165, 1.54) is 11.8 Å². The predicted molar refractivity (Wildman–Crippen MR) is 110 cm³/mol. The van der Waals surface area contributed by atoms with E-state index in [-0.39, 0.29) is 11.8 Å². The fourth-order valence-corrected chi connectivity index (χ4v) is 3.53. The molecule has 0 saturated heterocycles. The Bertz CT molecular complexity index is 909. The molecular formula is C20H21ClN4OS. The van der Waals surface area contributed by atoms with Crippen LogP contribution in [-0.2, 0) is 0 Å². The van der Waals surface area contributed by atoms with Crippen molar-refractivity contribution in [3.63, 3.8) is 0 Å². The SMILES string of the molecule is CC(c1nnc(SCC(=O)c2ccccc2)n1-c1ccc(Cl)cc1)N(C)C. The summed E-state index contributed by atoms with van der Waals surface area (Å²) in [6.07, 6.45) is 0. The maximum atomic E-state index is 12.5. The Hall–Kier alpha value is -2.15. The molecule has 1 aromatic heterocycles. The van der Waals surface area contributed by atoms with Gasteiger partial charge in [0.2, 0.25) is 0 Å². The molecule has 0 radical (unpaired) electrons. The van der Waals surface area contributed by atoms with E-state index < -0.39 is 0 Å². The lowest BCUT2D eigenvalue weighted by Gasteiger charge is -2.20. The molecular weight excluding hydrogens is 380 g/mol. The van der Waals surface area contributed by atoms with Crippen LogP contribution in [-0.4, -0.2) is 45.3 Å². The van der Waals surface area contributed by atoms with E-state index in [0.29, 0.717) is 21.5 Å². The van der Waals surface area contributed by atoms with E-state index in [4.69, 9.17) is 11.6 Å². The van der Waals surface area contributed by atoms with E-state index in [2.05, 4.69) is 22.0 Å². The van der Waals surface area contributed by atoms with Crippen LogP contribution < -0.4 is 0 Å². The number of nitrogens with zero attached hydrogens (tertiary/aromatic N) is 4. The fourth-order valence-electron chi connectivity index (χ4n) is 2.55. The van der Waals surface area contributed by atoms with Gasteiger partial charge in [-0.2, -0.15) is 0 Å². The van der Waals surface area contributed by atoms with Crippen molar-refractivity contribution in [3.8, 4) is 5.69 Å². The predicted octanol–water partition coefficient (Wildman–Crippen LogP) is 4.52. The summed E-state index contributed by atoms with van der Waals surface area (Å²) in [4.78, 5) is 14.5. The summed E-state index contributed by atoms with van der Waals surface area (Å²) >= 11 is 7.42. The molecule has 0 spiro atoms. The van der Waals surface area contributed by atoms with Gasteiger partial charge in [-0.05, 0) is 45.3 Å². The fraction of sp³-hybridized carbons (Fsp3) is 0.250. The quantitative estimate of drug-likeness (QED) is 0.431. The summed E-state index contributed by atoms with van der Waals surface area (Å²) in [7, 11) is 3.99. The first-order valence-corrected chi connectivity index (χ1v) is 9.92. The van der Waals surface area contributed by atoms with E-state index in [1.807, 2.05) is 73.3 Å². The van der Waals surface area contributed by atoms with Crippen molar-refractivity contribution in [2.45, 2.75) is 18.1 Å². The number of thioether (sulfide) groups is 1. The van der Waals surface area contributed by atoms with Gasteiger partial charge >= 0.3 is 0 Å². The summed E-state index contributed by atoms with van der Waals surface area (Å²) in [5.74, 6) is 1.18. The number of Topliss-reactive ketones (excluding diaryl/α,β-unsaturated/α-hetero) is 1. The second kappa shape index (κ2) is 8.69. The molecule has 0 N–H and O–H groups in total. The highest BCUT2D eigenvalue weighted by Gasteiger charge is 2.21. The molecule has 0 amide bonds. The summed E-state index contributed by atoms with van der Waals surface area (Å²) in [5, 5.41) is 10.1. The molecule has 7 heteroatoms. The summed E-state index contributed by atoms with van der Waals surface area (Å²) in [6, 6.07) is 16.9. The molecule has 3 rings (SSSR count). The van der Waals surface area contributed by atoms with Gasteiger partial charge in [-0.1, -0.05) is 53.7 Å². The summed E-state index contributed by atoms with van der Waals surface area (Å²) in [6.45, 7) is 2.07. The van der Waals surface area contributed by atoms with Crippen molar-refractivity contribution in [2.75, 3.05) is 19.8 Å². The lowest BCUT2D eigenvalue weighted by Crippen LogP contribution is -2.20. The van der Waals surface area contributed by atoms with Gasteiger partial charge in [0, 0.05) is 16.3 Å². The summed E-state index contributed by atoms with van der Waals surface area (Å²) in [5.41, 5.74) is 1.62. The average Bonchev–Trinajstić information content (AvgIpc) is 3.10. The van der Waals surface area contributed by atoms with Gasteiger partial charge in [0.25, 0.3) is 0 Å². The number of rotatable bonds is 7. The third kappa shape index (κ3) is 4.58. The smallest absolute Gasteiger partial charge is 0.196 e.